The number of rotatable bonds is 3. The molecule has 2 heterocycles. The molecule has 0 aromatic carbocycles. The number of carbonyl (C=O) groups is 1. The zero-order chi connectivity index (χ0) is 11.5. The van der Waals surface area contributed by atoms with Crippen LogP contribution in [0, 0.1) is 5.92 Å². The Hall–Kier alpha value is -1.42. The van der Waals surface area contributed by atoms with E-state index in [-0.39, 0.29) is 12.0 Å². The van der Waals surface area contributed by atoms with Gasteiger partial charge in [-0.2, -0.15) is 0 Å². The van der Waals surface area contributed by atoms with Crippen molar-refractivity contribution in [2.45, 2.75) is 19.4 Å². The Labute approximate surface area is 94.9 Å². The predicted molar refractivity (Wildman–Crippen MR) is 60.0 cm³/mol. The average Bonchev–Trinajstić information content (AvgIpc) is 2.73. The lowest BCUT2D eigenvalue weighted by atomic mass is 9.95. The minimum Gasteiger partial charge on any atom is -0.481 e. The average molecular weight is 220 g/mol. The molecule has 1 aliphatic rings. The molecular weight excluding hydrogens is 204 g/mol. The normalized spacial score (nSPS) is 25.8. The molecule has 0 amide bonds. The first kappa shape index (κ1) is 11.1. The number of nitrogens with zero attached hydrogens (tertiary/aromatic N) is 2. The third kappa shape index (κ3) is 1.93. The Bertz CT molecular complexity index is 367. The minimum atomic E-state index is -0.704. The molecule has 2 atom stereocenters. The monoisotopic (exact) mass is 220 g/mol. The van der Waals surface area contributed by atoms with E-state index in [2.05, 4.69) is 16.8 Å². The first-order valence-electron chi connectivity index (χ1n) is 5.60. The maximum absolute atomic E-state index is 11.2. The molecule has 0 bridgehead atoms. The summed E-state index contributed by atoms with van der Waals surface area (Å²) in [5.74, 6) is -1.01. The van der Waals surface area contributed by atoms with Crippen molar-refractivity contribution in [2.24, 2.45) is 5.92 Å². The highest BCUT2D eigenvalue weighted by Gasteiger charge is 2.38. The molecule has 0 spiro atoms. The molecule has 1 aromatic rings. The summed E-state index contributed by atoms with van der Waals surface area (Å²) in [5, 5.41) is 9.21. The number of aliphatic carboxylic acids is 1. The summed E-state index contributed by atoms with van der Waals surface area (Å²) in [6.45, 7) is 3.80. The predicted octanol–water partition coefficient (Wildman–Crippen LogP) is 1.55. The van der Waals surface area contributed by atoms with Crippen molar-refractivity contribution in [2.75, 3.05) is 13.1 Å². The topological polar surface area (TPSA) is 53.4 Å². The van der Waals surface area contributed by atoms with Gasteiger partial charge in [0.2, 0.25) is 0 Å². The molecule has 4 nitrogen and oxygen atoms in total. The van der Waals surface area contributed by atoms with Crippen LogP contribution in [-0.4, -0.2) is 34.0 Å². The largest absolute Gasteiger partial charge is 0.481 e. The molecular formula is C12H16N2O2. The van der Waals surface area contributed by atoms with E-state index in [4.69, 9.17) is 0 Å². The SMILES string of the molecule is CCN1CC[C@H](C(=O)O)[C@H]1c1cccnc1. The van der Waals surface area contributed by atoms with E-state index >= 15 is 0 Å². The molecule has 0 saturated carbocycles. The summed E-state index contributed by atoms with van der Waals surface area (Å²) < 4.78 is 0. The molecule has 4 heteroatoms. The number of pyridine rings is 1. The van der Waals surface area contributed by atoms with Crippen molar-refractivity contribution in [3.05, 3.63) is 30.1 Å². The third-order valence-corrected chi connectivity index (χ3v) is 3.25. The van der Waals surface area contributed by atoms with Crippen LogP contribution < -0.4 is 0 Å². The fourth-order valence-corrected chi connectivity index (χ4v) is 2.46. The molecule has 0 radical (unpaired) electrons. The second-order valence-electron chi connectivity index (χ2n) is 4.09. The molecule has 1 fully saturated rings. The van der Waals surface area contributed by atoms with Gasteiger partial charge in [-0.15, -0.1) is 0 Å². The highest BCUT2D eigenvalue weighted by molar-refractivity contribution is 5.71. The van der Waals surface area contributed by atoms with Crippen molar-refractivity contribution in [3.8, 4) is 0 Å². The standard InChI is InChI=1S/C12H16N2O2/c1-2-14-7-5-10(12(15)16)11(14)9-4-3-6-13-8-9/h3-4,6,8,10-11H,2,5,7H2,1H3,(H,15,16)/t10-,11+/m0/s1. The lowest BCUT2D eigenvalue weighted by molar-refractivity contribution is -0.142. The molecule has 1 aromatic heterocycles. The number of carboxylic acid groups (broad SMARTS) is 1. The maximum Gasteiger partial charge on any atom is 0.308 e. The van der Waals surface area contributed by atoms with E-state index in [9.17, 15) is 9.90 Å². The molecule has 2 rings (SSSR count). The fraction of sp³-hybridized carbons (Fsp3) is 0.500. The van der Waals surface area contributed by atoms with Crippen LogP contribution >= 0.6 is 0 Å². The van der Waals surface area contributed by atoms with Crippen LogP contribution in [0.1, 0.15) is 24.9 Å². The quantitative estimate of drug-likeness (QED) is 0.839. The number of aromatic nitrogens is 1. The smallest absolute Gasteiger partial charge is 0.308 e. The van der Waals surface area contributed by atoms with Gasteiger partial charge in [0.15, 0.2) is 0 Å². The van der Waals surface area contributed by atoms with Crippen molar-refractivity contribution >= 4 is 5.97 Å². The molecule has 0 aliphatic carbocycles. The van der Waals surface area contributed by atoms with Gasteiger partial charge in [-0.05, 0) is 31.1 Å². The van der Waals surface area contributed by atoms with E-state index in [1.165, 1.54) is 0 Å². The number of carboxylic acids is 1. The Morgan fingerprint density at radius 1 is 1.69 bits per heavy atom. The third-order valence-electron chi connectivity index (χ3n) is 3.25. The van der Waals surface area contributed by atoms with Gasteiger partial charge in [-0.1, -0.05) is 13.0 Å². The van der Waals surface area contributed by atoms with Gasteiger partial charge in [-0.25, -0.2) is 0 Å². The Morgan fingerprint density at radius 2 is 2.50 bits per heavy atom. The number of hydrogen-bond donors (Lipinski definition) is 1. The summed E-state index contributed by atoms with van der Waals surface area (Å²) in [6.07, 6.45) is 4.21. The first-order valence-corrected chi connectivity index (χ1v) is 5.60. The van der Waals surface area contributed by atoms with Gasteiger partial charge in [0, 0.05) is 18.4 Å². The second kappa shape index (κ2) is 4.61. The zero-order valence-corrected chi connectivity index (χ0v) is 9.34. The van der Waals surface area contributed by atoms with E-state index < -0.39 is 5.97 Å². The van der Waals surface area contributed by atoms with Crippen LogP contribution in [0.25, 0.3) is 0 Å². The summed E-state index contributed by atoms with van der Waals surface area (Å²) in [7, 11) is 0. The van der Waals surface area contributed by atoms with Crippen LogP contribution in [-0.2, 0) is 4.79 Å². The van der Waals surface area contributed by atoms with Gasteiger partial charge in [0.1, 0.15) is 0 Å². The zero-order valence-electron chi connectivity index (χ0n) is 9.34. The van der Waals surface area contributed by atoms with Crippen LogP contribution in [0.3, 0.4) is 0 Å². The highest BCUT2D eigenvalue weighted by Crippen LogP contribution is 2.36. The first-order chi connectivity index (χ1) is 7.74. The molecule has 16 heavy (non-hydrogen) atoms. The number of hydrogen-bond acceptors (Lipinski definition) is 3. The molecule has 0 unspecified atom stereocenters. The van der Waals surface area contributed by atoms with E-state index in [0.29, 0.717) is 0 Å². The number of likely N-dealkylation sites (tertiary alicyclic amines) is 1. The summed E-state index contributed by atoms with van der Waals surface area (Å²) in [6, 6.07) is 3.80. The molecule has 1 N–H and O–H groups in total. The Kier molecular flexibility index (Phi) is 3.19. The second-order valence-corrected chi connectivity index (χ2v) is 4.09. The van der Waals surface area contributed by atoms with Gasteiger partial charge >= 0.3 is 5.97 Å². The highest BCUT2D eigenvalue weighted by atomic mass is 16.4. The Morgan fingerprint density at radius 3 is 3.06 bits per heavy atom. The van der Waals surface area contributed by atoms with Crippen molar-refractivity contribution in [3.63, 3.8) is 0 Å². The van der Waals surface area contributed by atoms with Crippen LogP contribution in [0.4, 0.5) is 0 Å². The molecule has 86 valence electrons. The summed E-state index contributed by atoms with van der Waals surface area (Å²) in [4.78, 5) is 17.5. The summed E-state index contributed by atoms with van der Waals surface area (Å²) >= 11 is 0. The minimum absolute atomic E-state index is 0.0174. The van der Waals surface area contributed by atoms with Crippen LogP contribution in [0.5, 0.6) is 0 Å². The molecule has 1 aliphatic heterocycles. The van der Waals surface area contributed by atoms with Crippen molar-refractivity contribution in [1.82, 2.24) is 9.88 Å². The van der Waals surface area contributed by atoms with Crippen molar-refractivity contribution < 1.29 is 9.90 Å². The Balaban J connectivity index is 2.30. The molecule has 1 saturated heterocycles. The van der Waals surface area contributed by atoms with E-state index in [1.807, 2.05) is 12.1 Å². The van der Waals surface area contributed by atoms with Crippen molar-refractivity contribution in [1.29, 1.82) is 0 Å². The maximum atomic E-state index is 11.2. The van der Waals surface area contributed by atoms with Crippen LogP contribution in [0.2, 0.25) is 0 Å². The van der Waals surface area contributed by atoms with Crippen LogP contribution in [0.15, 0.2) is 24.5 Å². The summed E-state index contributed by atoms with van der Waals surface area (Å²) in [5.41, 5.74) is 1.01. The van der Waals surface area contributed by atoms with Gasteiger partial charge in [0.05, 0.1) is 5.92 Å². The fourth-order valence-electron chi connectivity index (χ4n) is 2.46. The van der Waals surface area contributed by atoms with E-state index in [0.717, 1.165) is 25.1 Å². The lowest BCUT2D eigenvalue weighted by Crippen LogP contribution is -2.28. The van der Waals surface area contributed by atoms with E-state index in [1.54, 1.807) is 12.4 Å². The lowest BCUT2D eigenvalue weighted by Gasteiger charge is -2.25. The van der Waals surface area contributed by atoms with Gasteiger partial charge in [0.25, 0.3) is 0 Å². The van der Waals surface area contributed by atoms with Gasteiger partial charge in [-0.3, -0.25) is 14.7 Å². The van der Waals surface area contributed by atoms with Gasteiger partial charge < -0.3 is 5.11 Å².